The molecular formula is C23H35N3O3. The van der Waals surface area contributed by atoms with Gasteiger partial charge in [0.15, 0.2) is 0 Å². The number of hydrogen-bond acceptors (Lipinski definition) is 4. The zero-order chi connectivity index (χ0) is 21.0. The van der Waals surface area contributed by atoms with E-state index in [0.717, 1.165) is 50.1 Å². The fourth-order valence-electron chi connectivity index (χ4n) is 4.64. The molecule has 2 amide bonds. The van der Waals surface area contributed by atoms with Crippen molar-refractivity contribution < 1.29 is 14.3 Å². The van der Waals surface area contributed by atoms with E-state index in [0.29, 0.717) is 13.0 Å². The minimum Gasteiger partial charge on any atom is -0.497 e. The fraction of sp³-hybridized carbons (Fsp3) is 0.652. The Labute approximate surface area is 174 Å². The van der Waals surface area contributed by atoms with E-state index in [1.165, 1.54) is 0 Å². The van der Waals surface area contributed by atoms with Gasteiger partial charge in [-0.05, 0) is 57.1 Å². The molecule has 0 radical (unpaired) electrons. The van der Waals surface area contributed by atoms with Gasteiger partial charge in [-0.15, -0.1) is 0 Å². The van der Waals surface area contributed by atoms with Crippen LogP contribution in [0.1, 0.15) is 50.6 Å². The molecule has 0 spiro atoms. The van der Waals surface area contributed by atoms with Crippen LogP contribution in [0.4, 0.5) is 0 Å². The molecule has 3 rings (SSSR count). The molecule has 2 atom stereocenters. The molecule has 0 bridgehead atoms. The van der Waals surface area contributed by atoms with Crippen molar-refractivity contribution in [3.63, 3.8) is 0 Å². The lowest BCUT2D eigenvalue weighted by molar-refractivity contribution is -0.138. The number of carbonyl (C=O) groups excluding carboxylic acids is 2. The number of methoxy groups -OCH3 is 1. The summed E-state index contributed by atoms with van der Waals surface area (Å²) in [5, 5.41) is 0. The van der Waals surface area contributed by atoms with Gasteiger partial charge in [0.05, 0.1) is 19.1 Å². The van der Waals surface area contributed by atoms with Gasteiger partial charge < -0.3 is 19.4 Å². The van der Waals surface area contributed by atoms with E-state index in [2.05, 4.69) is 18.9 Å². The zero-order valence-corrected chi connectivity index (χ0v) is 18.3. The SMILES string of the molecule is CCCCN1C(=O)CC(C(=O)N(C)C2CCN(C)CC2)C1c1ccc(OC)cc1. The summed E-state index contributed by atoms with van der Waals surface area (Å²) in [6, 6.07) is 7.89. The van der Waals surface area contributed by atoms with Crippen LogP contribution in [0, 0.1) is 5.92 Å². The normalized spacial score (nSPS) is 23.4. The molecule has 1 aromatic rings. The van der Waals surface area contributed by atoms with Crippen LogP contribution in [0.15, 0.2) is 24.3 Å². The van der Waals surface area contributed by atoms with Crippen molar-refractivity contribution in [1.82, 2.24) is 14.7 Å². The number of likely N-dealkylation sites (tertiary alicyclic amines) is 2. The number of hydrogen-bond donors (Lipinski definition) is 0. The Kier molecular flexibility index (Phi) is 7.17. The third kappa shape index (κ3) is 4.74. The number of nitrogens with zero attached hydrogens (tertiary/aromatic N) is 3. The topological polar surface area (TPSA) is 53.1 Å². The number of unbranched alkanes of at least 4 members (excludes halogenated alkanes) is 1. The second-order valence-electron chi connectivity index (χ2n) is 8.45. The molecule has 2 saturated heterocycles. The van der Waals surface area contributed by atoms with Crippen molar-refractivity contribution in [2.75, 3.05) is 40.8 Å². The Bertz CT molecular complexity index is 698. The highest BCUT2D eigenvalue weighted by Gasteiger charge is 2.45. The Hall–Kier alpha value is -2.08. The number of benzene rings is 1. The van der Waals surface area contributed by atoms with Gasteiger partial charge in [-0.25, -0.2) is 0 Å². The average Bonchev–Trinajstić information content (AvgIpc) is 3.07. The summed E-state index contributed by atoms with van der Waals surface area (Å²) in [7, 11) is 5.69. The summed E-state index contributed by atoms with van der Waals surface area (Å²) in [5.41, 5.74) is 1.02. The van der Waals surface area contributed by atoms with Crippen LogP contribution in [0.3, 0.4) is 0 Å². The molecule has 6 heteroatoms. The molecule has 2 aliphatic rings. The summed E-state index contributed by atoms with van der Waals surface area (Å²) in [6.07, 6.45) is 4.26. The van der Waals surface area contributed by atoms with Crippen LogP contribution in [-0.2, 0) is 9.59 Å². The maximum atomic E-state index is 13.5. The maximum absolute atomic E-state index is 13.5. The Morgan fingerprint density at radius 1 is 1.21 bits per heavy atom. The van der Waals surface area contributed by atoms with Crippen LogP contribution < -0.4 is 4.74 Å². The first-order valence-electron chi connectivity index (χ1n) is 10.8. The molecule has 2 heterocycles. The van der Waals surface area contributed by atoms with Crippen molar-refractivity contribution in [3.05, 3.63) is 29.8 Å². The van der Waals surface area contributed by atoms with Crippen molar-refractivity contribution in [2.24, 2.45) is 5.92 Å². The molecule has 1 aromatic carbocycles. The highest BCUT2D eigenvalue weighted by molar-refractivity contribution is 5.90. The lowest BCUT2D eigenvalue weighted by Crippen LogP contribution is -2.47. The minimum absolute atomic E-state index is 0.0920. The number of carbonyl (C=O) groups is 2. The molecule has 0 N–H and O–H groups in total. The first kappa shape index (κ1) is 21.6. The van der Waals surface area contributed by atoms with E-state index < -0.39 is 0 Å². The van der Waals surface area contributed by atoms with E-state index in [-0.39, 0.29) is 29.8 Å². The molecule has 29 heavy (non-hydrogen) atoms. The van der Waals surface area contributed by atoms with Gasteiger partial charge in [-0.2, -0.15) is 0 Å². The van der Waals surface area contributed by atoms with Crippen molar-refractivity contribution in [2.45, 2.75) is 51.1 Å². The van der Waals surface area contributed by atoms with Crippen molar-refractivity contribution in [3.8, 4) is 5.75 Å². The third-order valence-electron chi connectivity index (χ3n) is 6.54. The molecule has 2 aliphatic heterocycles. The molecule has 6 nitrogen and oxygen atoms in total. The van der Waals surface area contributed by atoms with Crippen molar-refractivity contribution >= 4 is 11.8 Å². The van der Waals surface area contributed by atoms with Crippen LogP contribution in [0.2, 0.25) is 0 Å². The number of amides is 2. The fourth-order valence-corrected chi connectivity index (χ4v) is 4.64. The largest absolute Gasteiger partial charge is 0.497 e. The van der Waals surface area contributed by atoms with Crippen LogP contribution in [-0.4, -0.2) is 73.4 Å². The van der Waals surface area contributed by atoms with Gasteiger partial charge in [-0.1, -0.05) is 25.5 Å². The van der Waals surface area contributed by atoms with E-state index in [4.69, 9.17) is 4.74 Å². The second kappa shape index (κ2) is 9.61. The van der Waals surface area contributed by atoms with E-state index in [9.17, 15) is 9.59 Å². The first-order valence-corrected chi connectivity index (χ1v) is 10.8. The summed E-state index contributed by atoms with van der Waals surface area (Å²) < 4.78 is 5.29. The molecule has 0 aromatic heterocycles. The summed E-state index contributed by atoms with van der Waals surface area (Å²) >= 11 is 0. The minimum atomic E-state index is -0.322. The molecule has 0 saturated carbocycles. The van der Waals surface area contributed by atoms with Gasteiger partial charge in [0.1, 0.15) is 5.75 Å². The average molecular weight is 402 g/mol. The summed E-state index contributed by atoms with van der Waals surface area (Å²) in [5.74, 6) is 0.657. The number of rotatable bonds is 7. The Balaban J connectivity index is 1.83. The third-order valence-corrected chi connectivity index (χ3v) is 6.54. The smallest absolute Gasteiger partial charge is 0.228 e. The monoisotopic (exact) mass is 401 g/mol. The maximum Gasteiger partial charge on any atom is 0.228 e. The van der Waals surface area contributed by atoms with Gasteiger partial charge >= 0.3 is 0 Å². The van der Waals surface area contributed by atoms with E-state index in [1.807, 2.05) is 41.1 Å². The highest BCUT2D eigenvalue weighted by atomic mass is 16.5. The number of ether oxygens (including phenoxy) is 1. The Morgan fingerprint density at radius 3 is 2.45 bits per heavy atom. The lowest BCUT2D eigenvalue weighted by atomic mass is 9.91. The summed E-state index contributed by atoms with van der Waals surface area (Å²) in [6.45, 7) is 4.85. The summed E-state index contributed by atoms with van der Waals surface area (Å²) in [4.78, 5) is 32.5. The number of piperidine rings is 1. The quantitative estimate of drug-likeness (QED) is 0.705. The van der Waals surface area contributed by atoms with Gasteiger partial charge in [0.2, 0.25) is 11.8 Å². The zero-order valence-electron chi connectivity index (χ0n) is 18.3. The van der Waals surface area contributed by atoms with Crippen molar-refractivity contribution in [1.29, 1.82) is 0 Å². The first-order chi connectivity index (χ1) is 14.0. The van der Waals surface area contributed by atoms with Gasteiger partial charge in [0, 0.05) is 26.1 Å². The predicted molar refractivity (Wildman–Crippen MR) is 114 cm³/mol. The van der Waals surface area contributed by atoms with Gasteiger partial charge in [0.25, 0.3) is 0 Å². The van der Waals surface area contributed by atoms with Crippen LogP contribution in [0.25, 0.3) is 0 Å². The van der Waals surface area contributed by atoms with E-state index >= 15 is 0 Å². The van der Waals surface area contributed by atoms with E-state index in [1.54, 1.807) is 7.11 Å². The standard InChI is InChI=1S/C23H35N3O3/c1-5-6-13-26-21(27)16-20(22(26)17-7-9-19(29-4)10-8-17)23(28)25(3)18-11-14-24(2)15-12-18/h7-10,18,20,22H,5-6,11-16H2,1-4H3. The Morgan fingerprint density at radius 2 is 1.86 bits per heavy atom. The lowest BCUT2D eigenvalue weighted by Gasteiger charge is -2.37. The van der Waals surface area contributed by atoms with Crippen LogP contribution in [0.5, 0.6) is 5.75 Å². The van der Waals surface area contributed by atoms with Crippen LogP contribution >= 0.6 is 0 Å². The molecule has 160 valence electrons. The molecule has 2 fully saturated rings. The highest BCUT2D eigenvalue weighted by Crippen LogP contribution is 2.40. The molecular weight excluding hydrogens is 366 g/mol. The van der Waals surface area contributed by atoms with Gasteiger partial charge in [-0.3, -0.25) is 9.59 Å². The molecule has 2 unspecified atom stereocenters. The second-order valence-corrected chi connectivity index (χ2v) is 8.45. The molecule has 0 aliphatic carbocycles. The predicted octanol–water partition coefficient (Wildman–Crippen LogP) is 2.94.